The number of carboxylic acid groups (broad SMARTS) is 1. The van der Waals surface area contributed by atoms with E-state index in [0.717, 1.165) is 0 Å². The first-order valence-electron chi connectivity index (χ1n) is 7.80. The monoisotopic (exact) mass is 351 g/mol. The van der Waals surface area contributed by atoms with Gasteiger partial charge in [-0.3, -0.25) is 4.79 Å². The molecule has 26 heavy (non-hydrogen) atoms. The van der Waals surface area contributed by atoms with Gasteiger partial charge in [-0.25, -0.2) is 18.9 Å². The van der Waals surface area contributed by atoms with E-state index in [1.165, 1.54) is 18.2 Å². The molecule has 8 nitrogen and oxygen atoms in total. The molecule has 0 aliphatic rings. The van der Waals surface area contributed by atoms with Gasteiger partial charge in [-0.2, -0.15) is 0 Å². The minimum atomic E-state index is -1.23. The van der Waals surface area contributed by atoms with Gasteiger partial charge < -0.3 is 15.2 Å². The van der Waals surface area contributed by atoms with Crippen LogP contribution in [0.2, 0.25) is 0 Å². The number of imidazole rings is 1. The van der Waals surface area contributed by atoms with Crippen LogP contribution in [0.1, 0.15) is 26.7 Å². The van der Waals surface area contributed by atoms with Gasteiger partial charge >= 0.3 is 5.97 Å². The van der Waals surface area contributed by atoms with Crippen LogP contribution in [-0.2, 0) is 14.1 Å². The van der Waals surface area contributed by atoms with Crippen LogP contribution < -0.4 is 4.57 Å². The molecule has 3 aromatic heterocycles. The molecule has 0 spiro atoms. The Bertz CT molecular complexity index is 1220. The molecule has 4 aromatic rings. The lowest BCUT2D eigenvalue weighted by molar-refractivity contribution is -0.671. The zero-order chi connectivity index (χ0) is 18.6. The number of aromatic hydroxyl groups is 1. The van der Waals surface area contributed by atoms with Crippen LogP contribution in [0, 0.1) is 0 Å². The Kier molecular flexibility index (Phi) is 3.30. The summed E-state index contributed by atoms with van der Waals surface area (Å²) in [4.78, 5) is 31.8. The normalized spacial score (nSPS) is 11.3. The average Bonchev–Trinajstić information content (AvgIpc) is 3.12. The van der Waals surface area contributed by atoms with Crippen molar-refractivity contribution in [2.75, 3.05) is 0 Å². The molecule has 0 aliphatic carbocycles. The van der Waals surface area contributed by atoms with Crippen molar-refractivity contribution in [3.05, 3.63) is 53.9 Å². The molecule has 0 unspecified atom stereocenters. The third-order valence-electron chi connectivity index (χ3n) is 4.30. The highest BCUT2D eigenvalue weighted by atomic mass is 16.4. The van der Waals surface area contributed by atoms with Crippen LogP contribution in [0.25, 0.3) is 21.8 Å². The van der Waals surface area contributed by atoms with Crippen molar-refractivity contribution in [2.45, 2.75) is 0 Å². The van der Waals surface area contributed by atoms with Crippen molar-refractivity contribution in [3.63, 3.8) is 0 Å². The Labute approximate surface area is 147 Å². The number of carbonyl (C=O) groups excluding carboxylic acids is 1. The standard InChI is InChI=1S/C18H14N4O4/c1-21-7-14(22(2)8-21)17(24)16-15-11(6-13(20-16)18(25)26)10-5-9(23)3-4-12(10)19-15/h3-8H,1-2H3,(H2-,19,20,23,24,25,26)/p+1. The van der Waals surface area contributed by atoms with E-state index in [-0.39, 0.29) is 17.1 Å². The molecule has 1 aromatic carbocycles. The van der Waals surface area contributed by atoms with E-state index in [4.69, 9.17) is 0 Å². The highest BCUT2D eigenvalue weighted by Gasteiger charge is 2.26. The summed E-state index contributed by atoms with van der Waals surface area (Å²) in [5.74, 6) is -1.57. The second-order valence-electron chi connectivity index (χ2n) is 6.17. The van der Waals surface area contributed by atoms with Gasteiger partial charge in [0.25, 0.3) is 5.78 Å². The largest absolute Gasteiger partial charge is 0.508 e. The zero-order valence-corrected chi connectivity index (χ0v) is 14.0. The Morgan fingerprint density at radius 2 is 2.00 bits per heavy atom. The van der Waals surface area contributed by atoms with E-state index in [9.17, 15) is 19.8 Å². The summed E-state index contributed by atoms with van der Waals surface area (Å²) in [6.07, 6.45) is 3.38. The minimum Gasteiger partial charge on any atom is -0.508 e. The van der Waals surface area contributed by atoms with Crippen LogP contribution >= 0.6 is 0 Å². The second kappa shape index (κ2) is 5.41. The van der Waals surface area contributed by atoms with Gasteiger partial charge in [0.15, 0.2) is 0 Å². The fourth-order valence-corrected chi connectivity index (χ4v) is 3.15. The molecule has 8 heteroatoms. The van der Waals surface area contributed by atoms with Crippen molar-refractivity contribution < 1.29 is 24.4 Å². The Balaban J connectivity index is 2.07. The van der Waals surface area contributed by atoms with Crippen molar-refractivity contribution in [3.8, 4) is 5.75 Å². The number of aromatic amines is 1. The summed E-state index contributed by atoms with van der Waals surface area (Å²) >= 11 is 0. The van der Waals surface area contributed by atoms with Crippen LogP contribution in [0.5, 0.6) is 5.75 Å². The number of phenols is 1. The molecule has 4 rings (SSSR count). The Hall–Kier alpha value is -3.68. The van der Waals surface area contributed by atoms with E-state index in [1.54, 1.807) is 41.8 Å². The number of nitrogens with zero attached hydrogens (tertiary/aromatic N) is 3. The van der Waals surface area contributed by atoms with E-state index >= 15 is 0 Å². The predicted molar refractivity (Wildman–Crippen MR) is 92.2 cm³/mol. The maximum Gasteiger partial charge on any atom is 0.354 e. The van der Waals surface area contributed by atoms with Crippen molar-refractivity contribution in [1.82, 2.24) is 14.5 Å². The van der Waals surface area contributed by atoms with Gasteiger partial charge in [0, 0.05) is 16.3 Å². The number of aromatic nitrogens is 4. The number of fused-ring (bicyclic) bond motifs is 3. The molecule has 0 amide bonds. The van der Waals surface area contributed by atoms with Gasteiger partial charge in [0.2, 0.25) is 12.0 Å². The summed E-state index contributed by atoms with van der Waals surface area (Å²) in [6, 6.07) is 6.11. The molecule has 0 atom stereocenters. The first kappa shape index (κ1) is 15.8. The fourth-order valence-electron chi connectivity index (χ4n) is 3.15. The summed E-state index contributed by atoms with van der Waals surface area (Å²) < 4.78 is 3.38. The topological polar surface area (TPSA) is 112 Å². The minimum absolute atomic E-state index is 0.0254. The smallest absolute Gasteiger partial charge is 0.354 e. The third kappa shape index (κ3) is 2.31. The third-order valence-corrected chi connectivity index (χ3v) is 4.30. The number of rotatable bonds is 3. The number of ketones is 1. The molecular weight excluding hydrogens is 336 g/mol. The van der Waals surface area contributed by atoms with Crippen LogP contribution in [0.3, 0.4) is 0 Å². The van der Waals surface area contributed by atoms with Crippen molar-refractivity contribution in [2.24, 2.45) is 14.1 Å². The van der Waals surface area contributed by atoms with Gasteiger partial charge in [-0.05, 0) is 24.3 Å². The molecule has 3 N–H and O–H groups in total. The van der Waals surface area contributed by atoms with Gasteiger partial charge in [-0.15, -0.1) is 0 Å². The number of H-pyrrole nitrogens is 1. The summed E-state index contributed by atoms with van der Waals surface area (Å²) in [5.41, 5.74) is 1.28. The van der Waals surface area contributed by atoms with Gasteiger partial charge in [0.1, 0.15) is 23.3 Å². The molecule has 0 aliphatic heterocycles. The summed E-state index contributed by atoms with van der Waals surface area (Å²) in [5, 5.41) is 20.3. The molecule has 0 bridgehead atoms. The first-order valence-corrected chi connectivity index (χ1v) is 7.80. The maximum absolute atomic E-state index is 13.1. The summed E-state index contributed by atoms with van der Waals surface area (Å²) in [7, 11) is 3.52. The van der Waals surface area contributed by atoms with Crippen LogP contribution in [0.15, 0.2) is 36.8 Å². The molecular formula is C18H15N4O4+. The molecule has 0 radical (unpaired) electrons. The van der Waals surface area contributed by atoms with E-state index in [0.29, 0.717) is 27.5 Å². The molecule has 3 heterocycles. The van der Waals surface area contributed by atoms with E-state index < -0.39 is 11.8 Å². The number of pyridine rings is 1. The van der Waals surface area contributed by atoms with Gasteiger partial charge in [0.05, 0.1) is 19.6 Å². The maximum atomic E-state index is 13.1. The first-order chi connectivity index (χ1) is 12.3. The number of carbonyl (C=O) groups is 2. The number of phenolic OH excluding ortho intramolecular Hbond substituents is 1. The highest BCUT2D eigenvalue weighted by molar-refractivity contribution is 6.19. The lowest BCUT2D eigenvalue weighted by Gasteiger charge is -2.03. The molecule has 0 saturated heterocycles. The van der Waals surface area contributed by atoms with Crippen LogP contribution in [-0.4, -0.2) is 36.5 Å². The van der Waals surface area contributed by atoms with Crippen molar-refractivity contribution in [1.29, 1.82) is 0 Å². The molecule has 0 saturated carbocycles. The second-order valence-corrected chi connectivity index (χ2v) is 6.17. The number of benzene rings is 1. The number of aromatic carboxylic acids is 1. The number of hydrogen-bond acceptors (Lipinski definition) is 4. The molecule has 130 valence electrons. The van der Waals surface area contributed by atoms with Gasteiger partial charge in [-0.1, -0.05) is 0 Å². The lowest BCUT2D eigenvalue weighted by atomic mass is 10.1. The predicted octanol–water partition coefficient (Wildman–Crippen LogP) is 1.51. The number of nitrogens with one attached hydrogen (secondary N) is 1. The van der Waals surface area contributed by atoms with E-state index in [2.05, 4.69) is 9.97 Å². The quantitative estimate of drug-likeness (QED) is 0.383. The Morgan fingerprint density at radius 3 is 2.65 bits per heavy atom. The van der Waals surface area contributed by atoms with E-state index in [1.807, 2.05) is 0 Å². The number of hydrogen-bond donors (Lipinski definition) is 3. The highest BCUT2D eigenvalue weighted by Crippen LogP contribution is 2.31. The zero-order valence-electron chi connectivity index (χ0n) is 14.0. The number of carboxylic acids is 1. The van der Waals surface area contributed by atoms with Crippen LogP contribution in [0.4, 0.5) is 0 Å². The SMILES string of the molecule is Cn1c[n+](C)cc1C(=O)c1nc(C(=O)O)cc2c1[nH]c1ccc(O)cc12. The molecule has 0 fully saturated rings. The number of aryl methyl sites for hydroxylation is 2. The Morgan fingerprint density at radius 1 is 1.23 bits per heavy atom. The lowest BCUT2D eigenvalue weighted by Crippen LogP contribution is -2.23. The van der Waals surface area contributed by atoms with Crippen molar-refractivity contribution >= 4 is 33.6 Å². The fraction of sp³-hybridized carbons (Fsp3) is 0.111. The average molecular weight is 351 g/mol. The summed E-state index contributed by atoms with van der Waals surface area (Å²) in [6.45, 7) is 0.